The molecular weight excluding hydrogens is 483 g/mol. The fraction of sp³-hybridized carbons (Fsp3) is 0.500. The van der Waals surface area contributed by atoms with E-state index in [4.69, 9.17) is 0 Å². The Bertz CT molecular complexity index is 1240. The van der Waals surface area contributed by atoms with Crippen molar-refractivity contribution in [2.75, 3.05) is 23.8 Å². The lowest BCUT2D eigenvalue weighted by Crippen LogP contribution is -2.24. The molecule has 0 bridgehead atoms. The maximum Gasteiger partial charge on any atom is 0.416 e. The summed E-state index contributed by atoms with van der Waals surface area (Å²) in [5.41, 5.74) is 4.70. The standard InChI is InChI=1S/C32H42F3N3/c1-5-28-24(3)30-29(19-18-27-31(30)26(32(33,34)35)22-23(2)36-27)38(28)21-15-10-8-6-7-9-14-20-37(4)25-16-12-11-13-17-25/h11-13,16-19,22-23,36H,5-10,14-15,20-21H2,1-4H3. The number of allylic oxidation sites excluding steroid dienone is 1. The van der Waals surface area contributed by atoms with E-state index in [0.717, 1.165) is 54.5 Å². The van der Waals surface area contributed by atoms with Crippen LogP contribution in [-0.2, 0) is 13.0 Å². The van der Waals surface area contributed by atoms with Crippen molar-refractivity contribution < 1.29 is 13.2 Å². The Labute approximate surface area is 225 Å². The van der Waals surface area contributed by atoms with Gasteiger partial charge in [-0.3, -0.25) is 0 Å². The van der Waals surface area contributed by atoms with Gasteiger partial charge in [-0.15, -0.1) is 0 Å². The summed E-state index contributed by atoms with van der Waals surface area (Å²) in [6.07, 6.45) is 6.06. The van der Waals surface area contributed by atoms with Crippen molar-refractivity contribution in [3.63, 3.8) is 0 Å². The van der Waals surface area contributed by atoms with Gasteiger partial charge < -0.3 is 14.8 Å². The first-order valence-corrected chi connectivity index (χ1v) is 14.2. The van der Waals surface area contributed by atoms with Gasteiger partial charge in [-0.2, -0.15) is 13.2 Å². The third-order valence-electron chi connectivity index (χ3n) is 7.89. The SMILES string of the molecule is CCc1c(C)c2c3c(ccc2n1CCCCCCCCCN(C)c1ccccc1)NC(C)C=C3C(F)(F)F. The number of aromatic nitrogens is 1. The zero-order valence-electron chi connectivity index (χ0n) is 23.3. The molecule has 0 aliphatic carbocycles. The molecular formula is C32H42F3N3. The molecule has 6 heteroatoms. The second-order valence-electron chi connectivity index (χ2n) is 10.7. The summed E-state index contributed by atoms with van der Waals surface area (Å²) in [6.45, 7) is 7.77. The quantitative estimate of drug-likeness (QED) is 0.238. The molecule has 1 atom stereocenters. The van der Waals surface area contributed by atoms with Crippen LogP contribution in [0.2, 0.25) is 0 Å². The molecule has 0 spiro atoms. The monoisotopic (exact) mass is 525 g/mol. The summed E-state index contributed by atoms with van der Waals surface area (Å²) in [4.78, 5) is 2.32. The molecule has 0 saturated heterocycles. The Morgan fingerprint density at radius 3 is 2.24 bits per heavy atom. The molecule has 1 N–H and O–H groups in total. The van der Waals surface area contributed by atoms with Gasteiger partial charge in [0.15, 0.2) is 0 Å². The van der Waals surface area contributed by atoms with E-state index in [1.807, 2.05) is 25.1 Å². The van der Waals surface area contributed by atoms with Gasteiger partial charge in [-0.25, -0.2) is 0 Å². The number of aryl methyl sites for hydroxylation is 2. The first-order valence-electron chi connectivity index (χ1n) is 14.2. The van der Waals surface area contributed by atoms with Crippen LogP contribution in [0.25, 0.3) is 16.5 Å². The molecule has 38 heavy (non-hydrogen) atoms. The largest absolute Gasteiger partial charge is 0.416 e. The van der Waals surface area contributed by atoms with Crippen molar-refractivity contribution in [1.82, 2.24) is 4.57 Å². The molecule has 0 saturated carbocycles. The van der Waals surface area contributed by atoms with Crippen LogP contribution in [0.3, 0.4) is 0 Å². The van der Waals surface area contributed by atoms with Crippen LogP contribution in [0.4, 0.5) is 24.5 Å². The van der Waals surface area contributed by atoms with Gasteiger partial charge in [0.1, 0.15) is 0 Å². The fourth-order valence-electron chi connectivity index (χ4n) is 5.97. The summed E-state index contributed by atoms with van der Waals surface area (Å²) in [6, 6.07) is 14.0. The number of rotatable bonds is 12. The molecule has 206 valence electrons. The highest BCUT2D eigenvalue weighted by molar-refractivity contribution is 6.03. The Kier molecular flexibility index (Phi) is 9.11. The van der Waals surface area contributed by atoms with Crippen molar-refractivity contribution in [1.29, 1.82) is 0 Å². The summed E-state index contributed by atoms with van der Waals surface area (Å²) in [5, 5.41) is 3.99. The van der Waals surface area contributed by atoms with E-state index < -0.39 is 11.7 Å². The maximum absolute atomic E-state index is 14.1. The van der Waals surface area contributed by atoms with E-state index in [1.165, 1.54) is 43.9 Å². The van der Waals surface area contributed by atoms with E-state index in [9.17, 15) is 13.2 Å². The highest BCUT2D eigenvalue weighted by Gasteiger charge is 2.39. The normalized spacial score (nSPS) is 15.3. The summed E-state index contributed by atoms with van der Waals surface area (Å²) in [7, 11) is 2.15. The Morgan fingerprint density at radius 2 is 1.58 bits per heavy atom. The number of fused-ring (bicyclic) bond motifs is 3. The van der Waals surface area contributed by atoms with Gasteiger partial charge in [0, 0.05) is 59.7 Å². The maximum atomic E-state index is 14.1. The number of para-hydroxylation sites is 1. The van der Waals surface area contributed by atoms with E-state index in [0.29, 0.717) is 11.3 Å². The van der Waals surface area contributed by atoms with E-state index >= 15 is 0 Å². The van der Waals surface area contributed by atoms with Crippen molar-refractivity contribution >= 4 is 27.9 Å². The molecule has 0 radical (unpaired) electrons. The predicted octanol–water partition coefficient (Wildman–Crippen LogP) is 9.14. The number of halogens is 3. The Morgan fingerprint density at radius 1 is 0.921 bits per heavy atom. The van der Waals surface area contributed by atoms with Crippen LogP contribution in [0.1, 0.15) is 75.6 Å². The van der Waals surface area contributed by atoms with Crippen LogP contribution >= 0.6 is 0 Å². The van der Waals surface area contributed by atoms with Gasteiger partial charge in [-0.05, 0) is 69.0 Å². The molecule has 1 aromatic heterocycles. The number of alkyl halides is 3. The number of hydrogen-bond acceptors (Lipinski definition) is 2. The zero-order valence-corrected chi connectivity index (χ0v) is 23.3. The van der Waals surface area contributed by atoms with Gasteiger partial charge in [0.2, 0.25) is 0 Å². The Hall–Kier alpha value is -2.89. The highest BCUT2D eigenvalue weighted by Crippen LogP contribution is 2.46. The van der Waals surface area contributed by atoms with Crippen LogP contribution in [-0.4, -0.2) is 30.4 Å². The van der Waals surface area contributed by atoms with Gasteiger partial charge in [0.25, 0.3) is 0 Å². The summed E-state index contributed by atoms with van der Waals surface area (Å²) >= 11 is 0. The number of hydrogen-bond donors (Lipinski definition) is 1. The van der Waals surface area contributed by atoms with Crippen LogP contribution < -0.4 is 10.2 Å². The van der Waals surface area contributed by atoms with Gasteiger partial charge >= 0.3 is 6.18 Å². The lowest BCUT2D eigenvalue weighted by Gasteiger charge is -2.26. The minimum atomic E-state index is -4.38. The lowest BCUT2D eigenvalue weighted by atomic mass is 9.92. The van der Waals surface area contributed by atoms with Crippen LogP contribution in [0.15, 0.2) is 48.5 Å². The molecule has 3 aromatic rings. The van der Waals surface area contributed by atoms with E-state index in [2.05, 4.69) is 53.0 Å². The molecule has 2 heterocycles. The van der Waals surface area contributed by atoms with Crippen molar-refractivity contribution in [2.45, 2.75) is 90.9 Å². The molecule has 0 fully saturated rings. The topological polar surface area (TPSA) is 20.2 Å². The molecule has 1 aliphatic heterocycles. The predicted molar refractivity (Wildman–Crippen MR) is 155 cm³/mol. The van der Waals surface area contributed by atoms with Crippen molar-refractivity contribution in [3.05, 3.63) is 65.4 Å². The molecule has 0 amide bonds. The van der Waals surface area contributed by atoms with E-state index in [1.54, 1.807) is 6.92 Å². The first kappa shape index (κ1) is 28.1. The first-order chi connectivity index (χ1) is 18.2. The second kappa shape index (κ2) is 12.3. The molecule has 2 aromatic carbocycles. The fourth-order valence-corrected chi connectivity index (χ4v) is 5.97. The molecule has 3 nitrogen and oxygen atoms in total. The number of benzene rings is 2. The number of anilines is 2. The number of nitrogens with one attached hydrogen (secondary N) is 1. The summed E-state index contributed by atoms with van der Waals surface area (Å²) in [5.74, 6) is 0. The van der Waals surface area contributed by atoms with Crippen molar-refractivity contribution in [2.24, 2.45) is 0 Å². The molecule has 1 unspecified atom stereocenters. The van der Waals surface area contributed by atoms with Crippen LogP contribution in [0.5, 0.6) is 0 Å². The highest BCUT2D eigenvalue weighted by atomic mass is 19.4. The minimum absolute atomic E-state index is 0.317. The van der Waals surface area contributed by atoms with Gasteiger partial charge in [0.05, 0.1) is 5.57 Å². The van der Waals surface area contributed by atoms with Crippen LogP contribution in [0, 0.1) is 6.92 Å². The second-order valence-corrected chi connectivity index (χ2v) is 10.7. The zero-order chi connectivity index (χ0) is 27.3. The smallest absolute Gasteiger partial charge is 0.379 e. The third-order valence-corrected chi connectivity index (χ3v) is 7.89. The lowest BCUT2D eigenvalue weighted by molar-refractivity contribution is -0.0690. The summed E-state index contributed by atoms with van der Waals surface area (Å²) < 4.78 is 44.4. The number of nitrogens with zero attached hydrogens (tertiary/aromatic N) is 2. The van der Waals surface area contributed by atoms with Crippen molar-refractivity contribution in [3.8, 4) is 0 Å². The number of unbranched alkanes of at least 4 members (excludes halogenated alkanes) is 6. The molecule has 1 aliphatic rings. The molecule has 4 rings (SSSR count). The van der Waals surface area contributed by atoms with E-state index in [-0.39, 0.29) is 6.04 Å². The minimum Gasteiger partial charge on any atom is -0.379 e. The Balaban J connectivity index is 1.33. The third kappa shape index (κ3) is 6.22. The van der Waals surface area contributed by atoms with Gasteiger partial charge in [-0.1, -0.05) is 57.2 Å². The average molecular weight is 526 g/mol. The average Bonchev–Trinajstić information content (AvgIpc) is 3.17.